The standard InChI is InChI=1S/C17H10F4N4O/c18-10-4-2-1-3-9(10)17(26)23-14-8-7-13(24-25-14)22-12-6-5-11(19)15(20)16(12)21/h1-8H,(H,22,24)(H,23,25,26). The first-order valence-electron chi connectivity index (χ1n) is 7.26. The fraction of sp³-hybridized carbons (Fsp3) is 0. The highest BCUT2D eigenvalue weighted by Crippen LogP contribution is 2.22. The van der Waals surface area contributed by atoms with Crippen LogP contribution in [-0.4, -0.2) is 16.1 Å². The molecule has 0 aliphatic rings. The lowest BCUT2D eigenvalue weighted by molar-refractivity contribution is 0.102. The van der Waals surface area contributed by atoms with Gasteiger partial charge >= 0.3 is 0 Å². The van der Waals surface area contributed by atoms with E-state index in [1.54, 1.807) is 0 Å². The van der Waals surface area contributed by atoms with E-state index in [9.17, 15) is 22.4 Å². The first kappa shape index (κ1) is 17.3. The zero-order valence-electron chi connectivity index (χ0n) is 12.9. The van der Waals surface area contributed by atoms with E-state index < -0.39 is 29.2 Å². The smallest absolute Gasteiger partial charge is 0.259 e. The van der Waals surface area contributed by atoms with E-state index in [-0.39, 0.29) is 22.9 Å². The minimum Gasteiger partial charge on any atom is -0.336 e. The van der Waals surface area contributed by atoms with Gasteiger partial charge in [-0.2, -0.15) is 0 Å². The number of hydrogen-bond acceptors (Lipinski definition) is 4. The fourth-order valence-electron chi connectivity index (χ4n) is 2.06. The molecule has 1 aromatic heterocycles. The van der Waals surface area contributed by atoms with E-state index in [0.717, 1.165) is 18.2 Å². The Morgan fingerprint density at radius 2 is 1.46 bits per heavy atom. The van der Waals surface area contributed by atoms with Crippen LogP contribution in [0.15, 0.2) is 48.5 Å². The summed E-state index contributed by atoms with van der Waals surface area (Å²) in [5.74, 6) is -5.69. The van der Waals surface area contributed by atoms with Gasteiger partial charge in [0.15, 0.2) is 29.1 Å². The predicted molar refractivity (Wildman–Crippen MR) is 86.0 cm³/mol. The van der Waals surface area contributed by atoms with Crippen molar-refractivity contribution in [1.82, 2.24) is 10.2 Å². The first-order chi connectivity index (χ1) is 12.5. The van der Waals surface area contributed by atoms with Crippen molar-refractivity contribution in [2.75, 3.05) is 10.6 Å². The van der Waals surface area contributed by atoms with E-state index >= 15 is 0 Å². The Morgan fingerprint density at radius 1 is 0.769 bits per heavy atom. The molecule has 5 nitrogen and oxygen atoms in total. The van der Waals surface area contributed by atoms with E-state index in [2.05, 4.69) is 20.8 Å². The molecule has 0 atom stereocenters. The van der Waals surface area contributed by atoms with Crippen molar-refractivity contribution in [2.45, 2.75) is 0 Å². The maximum absolute atomic E-state index is 13.6. The molecule has 0 aliphatic carbocycles. The number of carbonyl (C=O) groups excluding carboxylic acids is 1. The average molecular weight is 362 g/mol. The second kappa shape index (κ2) is 7.18. The van der Waals surface area contributed by atoms with Gasteiger partial charge in [-0.1, -0.05) is 12.1 Å². The number of nitrogens with zero attached hydrogens (tertiary/aromatic N) is 2. The number of carbonyl (C=O) groups is 1. The van der Waals surface area contributed by atoms with Gasteiger partial charge in [-0.25, -0.2) is 17.6 Å². The highest BCUT2D eigenvalue weighted by Gasteiger charge is 2.15. The number of hydrogen-bond donors (Lipinski definition) is 2. The van der Waals surface area contributed by atoms with Crippen LogP contribution in [0.1, 0.15) is 10.4 Å². The summed E-state index contributed by atoms with van der Waals surface area (Å²) >= 11 is 0. The molecule has 0 spiro atoms. The quantitative estimate of drug-likeness (QED) is 0.543. The van der Waals surface area contributed by atoms with Gasteiger partial charge in [0.2, 0.25) is 0 Å². The molecule has 1 amide bonds. The number of anilines is 3. The Morgan fingerprint density at radius 3 is 2.15 bits per heavy atom. The molecule has 3 aromatic rings. The average Bonchev–Trinajstić information content (AvgIpc) is 2.64. The lowest BCUT2D eigenvalue weighted by atomic mass is 10.2. The Hall–Kier alpha value is -3.49. The van der Waals surface area contributed by atoms with Gasteiger partial charge in [0.1, 0.15) is 5.82 Å². The Kier molecular flexibility index (Phi) is 4.78. The number of rotatable bonds is 4. The third-order valence-electron chi connectivity index (χ3n) is 3.32. The zero-order chi connectivity index (χ0) is 18.7. The van der Waals surface area contributed by atoms with Gasteiger partial charge in [0.05, 0.1) is 11.3 Å². The first-order valence-corrected chi connectivity index (χ1v) is 7.26. The molecule has 2 N–H and O–H groups in total. The van der Waals surface area contributed by atoms with Crippen LogP contribution in [-0.2, 0) is 0 Å². The third-order valence-corrected chi connectivity index (χ3v) is 3.32. The second-order valence-corrected chi connectivity index (χ2v) is 5.09. The highest BCUT2D eigenvalue weighted by molar-refractivity contribution is 6.03. The van der Waals surface area contributed by atoms with Crippen molar-refractivity contribution in [3.8, 4) is 0 Å². The SMILES string of the molecule is O=C(Nc1ccc(Nc2ccc(F)c(F)c2F)nn1)c1ccccc1F. The highest BCUT2D eigenvalue weighted by atomic mass is 19.2. The Bertz CT molecular complexity index is 963. The van der Waals surface area contributed by atoms with Crippen LogP contribution in [0.4, 0.5) is 34.9 Å². The summed E-state index contributed by atoms with van der Waals surface area (Å²) in [6.45, 7) is 0. The molecule has 0 fully saturated rings. The van der Waals surface area contributed by atoms with Gasteiger partial charge < -0.3 is 10.6 Å². The van der Waals surface area contributed by atoms with Crippen LogP contribution < -0.4 is 10.6 Å². The monoisotopic (exact) mass is 362 g/mol. The fourth-order valence-corrected chi connectivity index (χ4v) is 2.06. The minimum absolute atomic E-state index is 0.0227. The van der Waals surface area contributed by atoms with Crippen molar-refractivity contribution < 1.29 is 22.4 Å². The summed E-state index contributed by atoms with van der Waals surface area (Å²) in [5, 5.41) is 12.2. The normalized spacial score (nSPS) is 10.5. The molecule has 132 valence electrons. The summed E-state index contributed by atoms with van der Waals surface area (Å²) in [4.78, 5) is 12.0. The van der Waals surface area contributed by atoms with Gasteiger partial charge in [0.25, 0.3) is 5.91 Å². The molecule has 3 rings (SSSR count). The number of benzene rings is 2. The van der Waals surface area contributed by atoms with E-state index in [4.69, 9.17) is 0 Å². The predicted octanol–water partition coefficient (Wildman–Crippen LogP) is 4.03. The molecule has 0 saturated carbocycles. The summed E-state index contributed by atoms with van der Waals surface area (Å²) in [6, 6.07) is 9.82. The number of aromatic nitrogens is 2. The molecule has 0 unspecified atom stereocenters. The minimum atomic E-state index is -1.61. The van der Waals surface area contributed by atoms with Crippen molar-refractivity contribution >= 4 is 23.2 Å². The second-order valence-electron chi connectivity index (χ2n) is 5.09. The molecule has 9 heteroatoms. The molecule has 0 aliphatic heterocycles. The van der Waals surface area contributed by atoms with Crippen LogP contribution >= 0.6 is 0 Å². The van der Waals surface area contributed by atoms with E-state index in [1.807, 2.05) is 0 Å². The maximum atomic E-state index is 13.6. The topological polar surface area (TPSA) is 66.9 Å². The summed E-state index contributed by atoms with van der Waals surface area (Å²) in [7, 11) is 0. The number of nitrogens with one attached hydrogen (secondary N) is 2. The summed E-state index contributed by atoms with van der Waals surface area (Å²) < 4.78 is 53.2. The van der Waals surface area contributed by atoms with Gasteiger partial charge in [-0.15, -0.1) is 10.2 Å². The zero-order valence-corrected chi connectivity index (χ0v) is 12.9. The molecule has 0 saturated heterocycles. The van der Waals surface area contributed by atoms with Gasteiger partial charge in [-0.05, 0) is 36.4 Å². The Balaban J connectivity index is 1.72. The molecule has 26 heavy (non-hydrogen) atoms. The third kappa shape index (κ3) is 3.61. The molecule has 0 radical (unpaired) electrons. The molecule has 1 heterocycles. The molecular weight excluding hydrogens is 352 g/mol. The molecular formula is C17H10F4N4O. The van der Waals surface area contributed by atoms with Crippen molar-refractivity contribution in [3.63, 3.8) is 0 Å². The van der Waals surface area contributed by atoms with Crippen LogP contribution in [0.2, 0.25) is 0 Å². The lowest BCUT2D eigenvalue weighted by Gasteiger charge is -2.08. The van der Waals surface area contributed by atoms with Gasteiger partial charge in [-0.3, -0.25) is 4.79 Å². The van der Waals surface area contributed by atoms with Crippen molar-refractivity contribution in [3.05, 3.63) is 77.4 Å². The number of amides is 1. The van der Waals surface area contributed by atoms with Crippen molar-refractivity contribution in [2.24, 2.45) is 0 Å². The Labute approximate surface area is 144 Å². The van der Waals surface area contributed by atoms with E-state index in [1.165, 1.54) is 30.3 Å². The molecule has 0 bridgehead atoms. The maximum Gasteiger partial charge on any atom is 0.259 e. The van der Waals surface area contributed by atoms with Crippen LogP contribution in [0.3, 0.4) is 0 Å². The number of halogens is 4. The lowest BCUT2D eigenvalue weighted by Crippen LogP contribution is -2.15. The molecule has 2 aromatic carbocycles. The van der Waals surface area contributed by atoms with Crippen molar-refractivity contribution in [1.29, 1.82) is 0 Å². The van der Waals surface area contributed by atoms with Crippen LogP contribution in [0.5, 0.6) is 0 Å². The van der Waals surface area contributed by atoms with Crippen LogP contribution in [0, 0.1) is 23.3 Å². The van der Waals surface area contributed by atoms with E-state index in [0.29, 0.717) is 0 Å². The largest absolute Gasteiger partial charge is 0.336 e. The van der Waals surface area contributed by atoms with Crippen LogP contribution in [0.25, 0.3) is 0 Å². The summed E-state index contributed by atoms with van der Waals surface area (Å²) in [5.41, 5.74) is -0.498. The summed E-state index contributed by atoms with van der Waals surface area (Å²) in [6.07, 6.45) is 0. The van der Waals surface area contributed by atoms with Gasteiger partial charge in [0, 0.05) is 0 Å².